The number of anilines is 1. The molecule has 1 unspecified atom stereocenters. The van der Waals surface area contributed by atoms with Crippen molar-refractivity contribution >= 4 is 16.9 Å². The zero-order valence-electron chi connectivity index (χ0n) is 14.6. The van der Waals surface area contributed by atoms with Crippen molar-refractivity contribution in [2.75, 3.05) is 18.0 Å². The molecule has 3 aromatic heterocycles. The number of piperidine rings is 1. The summed E-state index contributed by atoms with van der Waals surface area (Å²) >= 11 is 0. The second-order valence-corrected chi connectivity index (χ2v) is 6.70. The molecule has 1 atom stereocenters. The largest absolute Gasteiger partial charge is 0.354 e. The number of rotatable bonds is 3. The highest BCUT2D eigenvalue weighted by Crippen LogP contribution is 2.31. The van der Waals surface area contributed by atoms with Gasteiger partial charge in [0.05, 0.1) is 17.1 Å². The van der Waals surface area contributed by atoms with E-state index < -0.39 is 0 Å². The summed E-state index contributed by atoms with van der Waals surface area (Å²) in [7, 11) is 0. The molecule has 126 valence electrons. The standard InChI is InChI=1S/C18H24N6/c1-4-14-9-19-17-16(14)18(21-11-20-17)23-7-5-6-15(10-23)24-13(3)8-12(2)22-24/h8-9,11,15H,4-7,10H2,1-3H3,(H,19,20,21). The third kappa shape index (κ3) is 2.46. The van der Waals surface area contributed by atoms with Crippen molar-refractivity contribution < 1.29 is 0 Å². The minimum atomic E-state index is 0.404. The van der Waals surface area contributed by atoms with E-state index in [-0.39, 0.29) is 0 Å². The summed E-state index contributed by atoms with van der Waals surface area (Å²) in [5.74, 6) is 1.06. The molecule has 1 aliphatic heterocycles. The zero-order chi connectivity index (χ0) is 16.7. The van der Waals surface area contributed by atoms with Crippen molar-refractivity contribution in [1.82, 2.24) is 24.7 Å². The monoisotopic (exact) mass is 324 g/mol. The van der Waals surface area contributed by atoms with Gasteiger partial charge in [0.2, 0.25) is 0 Å². The molecule has 0 bridgehead atoms. The van der Waals surface area contributed by atoms with E-state index in [9.17, 15) is 0 Å². The molecule has 1 N–H and O–H groups in total. The Morgan fingerprint density at radius 1 is 1.29 bits per heavy atom. The lowest BCUT2D eigenvalue weighted by atomic mass is 10.0. The third-order valence-electron chi connectivity index (χ3n) is 5.00. The van der Waals surface area contributed by atoms with Crippen LogP contribution in [0.15, 0.2) is 18.6 Å². The minimum absolute atomic E-state index is 0.404. The Hall–Kier alpha value is -2.37. The van der Waals surface area contributed by atoms with Crippen molar-refractivity contribution in [3.8, 4) is 0 Å². The number of hydrogen-bond donors (Lipinski definition) is 1. The van der Waals surface area contributed by atoms with Crippen LogP contribution in [-0.2, 0) is 6.42 Å². The van der Waals surface area contributed by atoms with Gasteiger partial charge in [-0.2, -0.15) is 5.10 Å². The van der Waals surface area contributed by atoms with Gasteiger partial charge in [-0.05, 0) is 44.7 Å². The molecule has 0 aromatic carbocycles. The van der Waals surface area contributed by atoms with Crippen LogP contribution in [0.5, 0.6) is 0 Å². The topological polar surface area (TPSA) is 62.6 Å². The maximum Gasteiger partial charge on any atom is 0.143 e. The molecule has 3 aromatic rings. The van der Waals surface area contributed by atoms with Gasteiger partial charge in [-0.15, -0.1) is 0 Å². The van der Waals surface area contributed by atoms with Gasteiger partial charge in [0.15, 0.2) is 0 Å². The highest BCUT2D eigenvalue weighted by Gasteiger charge is 2.26. The van der Waals surface area contributed by atoms with E-state index in [0.717, 1.165) is 43.1 Å². The van der Waals surface area contributed by atoms with Gasteiger partial charge in [0.1, 0.15) is 17.8 Å². The van der Waals surface area contributed by atoms with Crippen LogP contribution >= 0.6 is 0 Å². The summed E-state index contributed by atoms with van der Waals surface area (Å²) in [6, 6.07) is 2.56. The summed E-state index contributed by atoms with van der Waals surface area (Å²) in [5.41, 5.74) is 4.55. The Bertz CT molecular complexity index is 862. The van der Waals surface area contributed by atoms with Crippen LogP contribution in [0.2, 0.25) is 0 Å². The fourth-order valence-corrected chi connectivity index (χ4v) is 3.89. The number of aryl methyl sites for hydroxylation is 3. The molecule has 0 saturated carbocycles. The number of hydrogen-bond acceptors (Lipinski definition) is 4. The summed E-state index contributed by atoms with van der Waals surface area (Å²) in [4.78, 5) is 14.7. The first-order valence-corrected chi connectivity index (χ1v) is 8.76. The number of aromatic amines is 1. The van der Waals surface area contributed by atoms with Crippen molar-refractivity contribution in [1.29, 1.82) is 0 Å². The Morgan fingerprint density at radius 3 is 2.92 bits per heavy atom. The van der Waals surface area contributed by atoms with Crippen LogP contribution in [0, 0.1) is 13.8 Å². The maximum absolute atomic E-state index is 4.70. The summed E-state index contributed by atoms with van der Waals surface area (Å²) in [6.45, 7) is 8.36. The van der Waals surface area contributed by atoms with E-state index in [1.807, 2.05) is 0 Å². The number of nitrogens with one attached hydrogen (secondary N) is 1. The number of H-pyrrole nitrogens is 1. The summed E-state index contributed by atoms with van der Waals surface area (Å²) in [5, 5.41) is 5.87. The van der Waals surface area contributed by atoms with Crippen molar-refractivity contribution in [2.24, 2.45) is 0 Å². The second kappa shape index (κ2) is 5.92. The second-order valence-electron chi connectivity index (χ2n) is 6.70. The molecule has 0 aliphatic carbocycles. The van der Waals surface area contributed by atoms with Crippen LogP contribution in [0.1, 0.15) is 42.8 Å². The van der Waals surface area contributed by atoms with Crippen LogP contribution < -0.4 is 4.90 Å². The van der Waals surface area contributed by atoms with Crippen molar-refractivity contribution in [2.45, 2.75) is 46.1 Å². The quantitative estimate of drug-likeness (QED) is 0.804. The third-order valence-corrected chi connectivity index (χ3v) is 5.00. The maximum atomic E-state index is 4.70. The lowest BCUT2D eigenvalue weighted by molar-refractivity contribution is 0.368. The predicted octanol–water partition coefficient (Wildman–Crippen LogP) is 3.18. The van der Waals surface area contributed by atoms with Gasteiger partial charge in [0.25, 0.3) is 0 Å². The van der Waals surface area contributed by atoms with Crippen molar-refractivity contribution in [3.05, 3.63) is 35.5 Å². The molecular formula is C18H24N6. The average Bonchev–Trinajstić information content (AvgIpc) is 3.17. The van der Waals surface area contributed by atoms with E-state index in [4.69, 9.17) is 5.10 Å². The molecule has 0 spiro atoms. The van der Waals surface area contributed by atoms with Gasteiger partial charge in [-0.3, -0.25) is 4.68 Å². The zero-order valence-corrected chi connectivity index (χ0v) is 14.6. The Balaban J connectivity index is 1.70. The van der Waals surface area contributed by atoms with E-state index in [1.165, 1.54) is 23.1 Å². The molecule has 6 nitrogen and oxygen atoms in total. The minimum Gasteiger partial charge on any atom is -0.354 e. The summed E-state index contributed by atoms with van der Waals surface area (Å²) < 4.78 is 2.19. The van der Waals surface area contributed by atoms with E-state index in [2.05, 4.69) is 57.6 Å². The van der Waals surface area contributed by atoms with E-state index in [1.54, 1.807) is 6.33 Å². The van der Waals surface area contributed by atoms with Crippen LogP contribution in [0.3, 0.4) is 0 Å². The van der Waals surface area contributed by atoms with Gasteiger partial charge >= 0.3 is 0 Å². The van der Waals surface area contributed by atoms with Crippen LogP contribution in [0.25, 0.3) is 11.0 Å². The molecule has 1 aliphatic rings. The van der Waals surface area contributed by atoms with Crippen molar-refractivity contribution in [3.63, 3.8) is 0 Å². The Morgan fingerprint density at radius 2 is 2.17 bits per heavy atom. The first kappa shape index (κ1) is 15.2. The van der Waals surface area contributed by atoms with Gasteiger partial charge in [-0.25, -0.2) is 9.97 Å². The lowest BCUT2D eigenvalue weighted by Crippen LogP contribution is -2.38. The summed E-state index contributed by atoms with van der Waals surface area (Å²) in [6.07, 6.45) is 7.03. The first-order valence-electron chi connectivity index (χ1n) is 8.76. The van der Waals surface area contributed by atoms with Crippen LogP contribution in [-0.4, -0.2) is 37.8 Å². The molecule has 1 fully saturated rings. The fourth-order valence-electron chi connectivity index (χ4n) is 3.89. The molecule has 6 heteroatoms. The predicted molar refractivity (Wildman–Crippen MR) is 95.5 cm³/mol. The Kier molecular flexibility index (Phi) is 3.75. The SMILES string of the molecule is CCc1c[nH]c2ncnc(N3CCCC(n4nc(C)cc4C)C3)c12. The molecule has 0 radical (unpaired) electrons. The van der Waals surface area contributed by atoms with E-state index >= 15 is 0 Å². The van der Waals surface area contributed by atoms with Gasteiger partial charge < -0.3 is 9.88 Å². The van der Waals surface area contributed by atoms with E-state index in [0.29, 0.717) is 6.04 Å². The molecule has 4 heterocycles. The highest BCUT2D eigenvalue weighted by atomic mass is 15.3. The smallest absolute Gasteiger partial charge is 0.143 e. The first-order chi connectivity index (χ1) is 11.7. The number of fused-ring (bicyclic) bond motifs is 1. The number of nitrogens with zero attached hydrogens (tertiary/aromatic N) is 5. The normalized spacial score (nSPS) is 18.5. The molecule has 0 amide bonds. The molecule has 24 heavy (non-hydrogen) atoms. The average molecular weight is 324 g/mol. The van der Waals surface area contributed by atoms with Gasteiger partial charge in [-0.1, -0.05) is 6.92 Å². The molecule has 4 rings (SSSR count). The fraction of sp³-hybridized carbons (Fsp3) is 0.500. The number of aromatic nitrogens is 5. The van der Waals surface area contributed by atoms with Crippen LogP contribution in [0.4, 0.5) is 5.82 Å². The highest BCUT2D eigenvalue weighted by molar-refractivity contribution is 5.90. The molecular weight excluding hydrogens is 300 g/mol. The van der Waals surface area contributed by atoms with Gasteiger partial charge in [0, 0.05) is 25.0 Å². The Labute approximate surface area is 141 Å². The lowest BCUT2D eigenvalue weighted by Gasteiger charge is -2.34. The molecule has 1 saturated heterocycles.